The van der Waals surface area contributed by atoms with Crippen LogP contribution >= 0.6 is 0 Å². The molecule has 0 saturated carbocycles. The van der Waals surface area contributed by atoms with Crippen LogP contribution in [0.2, 0.25) is 0 Å². The van der Waals surface area contributed by atoms with E-state index < -0.39 is 0 Å². The summed E-state index contributed by atoms with van der Waals surface area (Å²) in [5.41, 5.74) is 5.97. The smallest absolute Gasteiger partial charge is 0.243 e. The van der Waals surface area contributed by atoms with E-state index in [0.29, 0.717) is 0 Å². The molecule has 1 amide bonds. The largest absolute Gasteiger partial charge is 0.348 e. The van der Waals surface area contributed by atoms with Crippen molar-refractivity contribution in [1.29, 1.82) is 0 Å². The van der Waals surface area contributed by atoms with Crippen molar-refractivity contribution in [2.75, 3.05) is 0 Å². The van der Waals surface area contributed by atoms with Crippen LogP contribution in [0.25, 0.3) is 0 Å². The first-order valence-corrected chi connectivity index (χ1v) is 9.16. The molecule has 0 spiro atoms. The van der Waals surface area contributed by atoms with E-state index in [0.717, 1.165) is 12.8 Å². The van der Waals surface area contributed by atoms with Crippen LogP contribution in [-0.4, -0.2) is 17.5 Å². The van der Waals surface area contributed by atoms with Gasteiger partial charge in [-0.3, -0.25) is 4.79 Å². The molecule has 0 saturated heterocycles. The third-order valence-electron chi connectivity index (χ3n) is 4.60. The molecule has 3 nitrogen and oxygen atoms in total. The first-order valence-electron chi connectivity index (χ1n) is 9.16. The molecule has 0 radical (unpaired) electrons. The van der Waals surface area contributed by atoms with E-state index in [-0.39, 0.29) is 17.5 Å². The van der Waals surface area contributed by atoms with Crippen molar-refractivity contribution in [3.05, 3.63) is 12.7 Å². The van der Waals surface area contributed by atoms with E-state index in [4.69, 9.17) is 5.73 Å². The number of unbranched alkanes of at least 4 members (excludes halogenated alkanes) is 9. The molecule has 0 aliphatic carbocycles. The number of nitrogens with two attached hydrogens (primary N) is 1. The van der Waals surface area contributed by atoms with Crippen LogP contribution in [0, 0.1) is 0 Å². The lowest BCUT2D eigenvalue weighted by Gasteiger charge is -2.32. The molecule has 0 aromatic carbocycles. The molecule has 0 bridgehead atoms. The van der Waals surface area contributed by atoms with Gasteiger partial charge >= 0.3 is 0 Å². The average molecular weight is 311 g/mol. The second-order valence-electron chi connectivity index (χ2n) is 6.87. The molecule has 2 atom stereocenters. The Morgan fingerprint density at radius 2 is 1.55 bits per heavy atom. The van der Waals surface area contributed by atoms with Crippen LogP contribution in [0.4, 0.5) is 0 Å². The molecule has 0 fully saturated rings. The maximum atomic E-state index is 11.3. The molecule has 0 rings (SSSR count). The summed E-state index contributed by atoms with van der Waals surface area (Å²) < 4.78 is 0. The molecule has 0 aromatic heterocycles. The SMILES string of the molecule is C=CC(=O)NC(C)C(C)(N)CCCCCCCCCCCC. The Morgan fingerprint density at radius 3 is 2.00 bits per heavy atom. The van der Waals surface area contributed by atoms with E-state index in [2.05, 4.69) is 18.8 Å². The van der Waals surface area contributed by atoms with Crippen LogP contribution < -0.4 is 11.1 Å². The highest BCUT2D eigenvalue weighted by Gasteiger charge is 2.26. The highest BCUT2D eigenvalue weighted by molar-refractivity contribution is 5.87. The van der Waals surface area contributed by atoms with Gasteiger partial charge in [0.05, 0.1) is 0 Å². The minimum Gasteiger partial charge on any atom is -0.348 e. The quantitative estimate of drug-likeness (QED) is 0.361. The minimum atomic E-state index is -0.348. The number of amides is 1. The standard InChI is InChI=1S/C19H38N2O/c1-5-7-8-9-10-11-12-13-14-15-16-19(4,20)17(3)21-18(22)6-2/h6,17H,2,5,7-16,20H2,1,3-4H3,(H,21,22). The maximum Gasteiger partial charge on any atom is 0.243 e. The van der Waals surface area contributed by atoms with Gasteiger partial charge in [-0.1, -0.05) is 77.7 Å². The van der Waals surface area contributed by atoms with Gasteiger partial charge in [0.1, 0.15) is 0 Å². The van der Waals surface area contributed by atoms with Crippen molar-refractivity contribution in [3.63, 3.8) is 0 Å². The van der Waals surface area contributed by atoms with Gasteiger partial charge in [0, 0.05) is 11.6 Å². The van der Waals surface area contributed by atoms with Crippen molar-refractivity contribution in [3.8, 4) is 0 Å². The second kappa shape index (κ2) is 12.7. The Labute approximate surface area is 138 Å². The number of carbonyl (C=O) groups is 1. The Morgan fingerprint density at radius 1 is 1.09 bits per heavy atom. The maximum absolute atomic E-state index is 11.3. The van der Waals surface area contributed by atoms with E-state index in [1.807, 2.05) is 13.8 Å². The molecular weight excluding hydrogens is 272 g/mol. The van der Waals surface area contributed by atoms with Crippen LogP contribution in [0.5, 0.6) is 0 Å². The Kier molecular flexibility index (Phi) is 12.2. The van der Waals surface area contributed by atoms with E-state index in [1.54, 1.807) is 0 Å². The lowest BCUT2D eigenvalue weighted by atomic mass is 9.88. The van der Waals surface area contributed by atoms with E-state index in [1.165, 1.54) is 63.9 Å². The average Bonchev–Trinajstić information content (AvgIpc) is 2.48. The van der Waals surface area contributed by atoms with Gasteiger partial charge < -0.3 is 11.1 Å². The monoisotopic (exact) mass is 310 g/mol. The van der Waals surface area contributed by atoms with Gasteiger partial charge in [0.2, 0.25) is 5.91 Å². The van der Waals surface area contributed by atoms with Crippen LogP contribution in [0.1, 0.15) is 91.4 Å². The molecule has 0 aromatic rings. The highest BCUT2D eigenvalue weighted by Crippen LogP contribution is 2.18. The molecule has 0 heterocycles. The molecular formula is C19H38N2O. The molecule has 3 heteroatoms. The Bertz CT molecular complexity index is 300. The summed E-state index contributed by atoms with van der Waals surface area (Å²) >= 11 is 0. The summed E-state index contributed by atoms with van der Waals surface area (Å²) in [5, 5.41) is 2.87. The minimum absolute atomic E-state index is 0.0310. The fraction of sp³-hybridized carbons (Fsp3) is 0.842. The molecule has 0 aliphatic heterocycles. The van der Waals surface area contributed by atoms with Gasteiger partial charge in [-0.05, 0) is 26.3 Å². The zero-order valence-corrected chi connectivity index (χ0v) is 15.1. The van der Waals surface area contributed by atoms with Crippen molar-refractivity contribution in [1.82, 2.24) is 5.32 Å². The fourth-order valence-electron chi connectivity index (χ4n) is 2.65. The Hall–Kier alpha value is -0.830. The predicted octanol–water partition coefficient (Wildman–Crippen LogP) is 4.71. The highest BCUT2D eigenvalue weighted by atomic mass is 16.1. The number of hydrogen-bond acceptors (Lipinski definition) is 2. The van der Waals surface area contributed by atoms with Crippen molar-refractivity contribution in [2.24, 2.45) is 5.73 Å². The summed E-state index contributed by atoms with van der Waals surface area (Å²) in [6.45, 7) is 9.72. The normalized spacial score (nSPS) is 15.1. The van der Waals surface area contributed by atoms with Crippen LogP contribution in [0.3, 0.4) is 0 Å². The number of nitrogens with one attached hydrogen (secondary N) is 1. The third-order valence-corrected chi connectivity index (χ3v) is 4.60. The number of carbonyl (C=O) groups excluding carboxylic acids is 1. The molecule has 130 valence electrons. The fourth-order valence-corrected chi connectivity index (χ4v) is 2.65. The second-order valence-corrected chi connectivity index (χ2v) is 6.87. The summed E-state index contributed by atoms with van der Waals surface area (Å²) in [6, 6.07) is -0.0310. The zero-order chi connectivity index (χ0) is 16.8. The molecule has 3 N–H and O–H groups in total. The molecule has 0 aliphatic rings. The summed E-state index contributed by atoms with van der Waals surface area (Å²) in [7, 11) is 0. The summed E-state index contributed by atoms with van der Waals surface area (Å²) in [5.74, 6) is -0.146. The van der Waals surface area contributed by atoms with E-state index >= 15 is 0 Å². The van der Waals surface area contributed by atoms with Crippen LogP contribution in [-0.2, 0) is 4.79 Å². The van der Waals surface area contributed by atoms with Crippen molar-refractivity contribution >= 4 is 5.91 Å². The number of hydrogen-bond donors (Lipinski definition) is 2. The first kappa shape index (κ1) is 21.2. The van der Waals surface area contributed by atoms with Crippen molar-refractivity contribution in [2.45, 2.75) is 103 Å². The molecule has 2 unspecified atom stereocenters. The van der Waals surface area contributed by atoms with Gasteiger partial charge in [0.25, 0.3) is 0 Å². The lowest BCUT2D eigenvalue weighted by Crippen LogP contribution is -2.54. The van der Waals surface area contributed by atoms with Gasteiger partial charge in [-0.25, -0.2) is 0 Å². The number of rotatable bonds is 14. The Balaban J connectivity index is 3.60. The third kappa shape index (κ3) is 10.8. The first-order chi connectivity index (χ1) is 10.4. The van der Waals surface area contributed by atoms with Gasteiger partial charge in [-0.15, -0.1) is 0 Å². The summed E-state index contributed by atoms with van der Waals surface area (Å²) in [6.07, 6.45) is 15.5. The van der Waals surface area contributed by atoms with E-state index in [9.17, 15) is 4.79 Å². The van der Waals surface area contributed by atoms with Crippen LogP contribution in [0.15, 0.2) is 12.7 Å². The van der Waals surface area contributed by atoms with Gasteiger partial charge in [-0.2, -0.15) is 0 Å². The zero-order valence-electron chi connectivity index (χ0n) is 15.1. The van der Waals surface area contributed by atoms with Gasteiger partial charge in [0.15, 0.2) is 0 Å². The summed E-state index contributed by atoms with van der Waals surface area (Å²) in [4.78, 5) is 11.3. The molecule has 22 heavy (non-hydrogen) atoms. The predicted molar refractivity (Wildman–Crippen MR) is 96.9 cm³/mol. The lowest BCUT2D eigenvalue weighted by molar-refractivity contribution is -0.117. The van der Waals surface area contributed by atoms with Crippen molar-refractivity contribution < 1.29 is 4.79 Å². The topological polar surface area (TPSA) is 55.1 Å².